The van der Waals surface area contributed by atoms with Gasteiger partial charge in [-0.3, -0.25) is 0 Å². The molecule has 0 aliphatic carbocycles. The smallest absolute Gasteiger partial charge is 0.129 e. The molecule has 0 saturated heterocycles. The summed E-state index contributed by atoms with van der Waals surface area (Å²) < 4.78 is 0. The standard InChI is InChI=1S/C16H23N3/c1-16(2,3)17-11-12-10-15(19(4)5)18-14-9-7-6-8-13(12)14/h6-10,17H,11H2,1-5H3. The Bertz CT molecular complexity index is 568. The monoisotopic (exact) mass is 257 g/mol. The Hall–Kier alpha value is -1.61. The SMILES string of the molecule is CN(C)c1cc(CNC(C)(C)C)c2ccccc2n1. The molecule has 0 unspecified atom stereocenters. The van der Waals surface area contributed by atoms with Gasteiger partial charge in [-0.1, -0.05) is 18.2 Å². The molecule has 0 aliphatic rings. The number of fused-ring (bicyclic) bond motifs is 1. The minimum Gasteiger partial charge on any atom is -0.363 e. The number of benzene rings is 1. The first-order valence-electron chi connectivity index (χ1n) is 6.68. The molecule has 0 bridgehead atoms. The summed E-state index contributed by atoms with van der Waals surface area (Å²) in [5, 5.41) is 4.78. The zero-order valence-electron chi connectivity index (χ0n) is 12.5. The highest BCUT2D eigenvalue weighted by molar-refractivity contribution is 5.84. The summed E-state index contributed by atoms with van der Waals surface area (Å²) in [5.41, 5.74) is 2.46. The van der Waals surface area contributed by atoms with Gasteiger partial charge in [0.1, 0.15) is 5.82 Å². The van der Waals surface area contributed by atoms with E-state index in [2.05, 4.69) is 55.3 Å². The number of anilines is 1. The van der Waals surface area contributed by atoms with Crippen LogP contribution in [0.5, 0.6) is 0 Å². The molecule has 2 rings (SSSR count). The van der Waals surface area contributed by atoms with Crippen LogP contribution in [0.15, 0.2) is 30.3 Å². The van der Waals surface area contributed by atoms with E-state index in [9.17, 15) is 0 Å². The first-order chi connectivity index (χ1) is 8.87. The minimum absolute atomic E-state index is 0.114. The molecular formula is C16H23N3. The molecule has 102 valence electrons. The summed E-state index contributed by atoms with van der Waals surface area (Å²) in [5.74, 6) is 1.00. The largest absolute Gasteiger partial charge is 0.363 e. The molecule has 0 radical (unpaired) electrons. The maximum atomic E-state index is 4.68. The molecular weight excluding hydrogens is 234 g/mol. The Morgan fingerprint density at radius 2 is 1.84 bits per heavy atom. The molecule has 0 amide bonds. The Balaban J connectivity index is 2.44. The predicted octanol–water partition coefficient (Wildman–Crippen LogP) is 3.19. The Kier molecular flexibility index (Phi) is 3.76. The number of nitrogens with one attached hydrogen (secondary N) is 1. The van der Waals surface area contributed by atoms with Crippen molar-refractivity contribution in [3.8, 4) is 0 Å². The predicted molar refractivity (Wildman–Crippen MR) is 82.7 cm³/mol. The van der Waals surface area contributed by atoms with Crippen molar-refractivity contribution in [3.63, 3.8) is 0 Å². The Morgan fingerprint density at radius 1 is 1.16 bits per heavy atom. The molecule has 19 heavy (non-hydrogen) atoms. The minimum atomic E-state index is 0.114. The third kappa shape index (κ3) is 3.44. The van der Waals surface area contributed by atoms with Gasteiger partial charge in [-0.15, -0.1) is 0 Å². The summed E-state index contributed by atoms with van der Waals surface area (Å²) in [6.45, 7) is 7.41. The number of aromatic nitrogens is 1. The quantitative estimate of drug-likeness (QED) is 0.915. The number of nitrogens with zero attached hydrogens (tertiary/aromatic N) is 2. The van der Waals surface area contributed by atoms with Crippen molar-refractivity contribution >= 4 is 16.7 Å². The highest BCUT2D eigenvalue weighted by Crippen LogP contribution is 2.22. The van der Waals surface area contributed by atoms with Gasteiger partial charge in [0.2, 0.25) is 0 Å². The van der Waals surface area contributed by atoms with Gasteiger partial charge in [0.15, 0.2) is 0 Å². The van der Waals surface area contributed by atoms with E-state index in [1.807, 2.05) is 25.1 Å². The van der Waals surface area contributed by atoms with E-state index in [1.165, 1.54) is 10.9 Å². The molecule has 3 heteroatoms. The van der Waals surface area contributed by atoms with E-state index in [4.69, 9.17) is 0 Å². The van der Waals surface area contributed by atoms with Gasteiger partial charge in [0.25, 0.3) is 0 Å². The van der Waals surface area contributed by atoms with E-state index < -0.39 is 0 Å². The first kappa shape index (κ1) is 13.8. The fourth-order valence-electron chi connectivity index (χ4n) is 1.97. The van der Waals surface area contributed by atoms with Crippen molar-refractivity contribution in [3.05, 3.63) is 35.9 Å². The van der Waals surface area contributed by atoms with Crippen molar-refractivity contribution in [2.75, 3.05) is 19.0 Å². The fraction of sp³-hybridized carbons (Fsp3) is 0.438. The van der Waals surface area contributed by atoms with Gasteiger partial charge in [-0.05, 0) is 38.5 Å². The number of pyridine rings is 1. The summed E-state index contributed by atoms with van der Waals surface area (Å²) in [6.07, 6.45) is 0. The molecule has 1 aromatic carbocycles. The van der Waals surface area contributed by atoms with Crippen LogP contribution >= 0.6 is 0 Å². The van der Waals surface area contributed by atoms with Crippen LogP contribution in [0.4, 0.5) is 5.82 Å². The lowest BCUT2D eigenvalue weighted by Crippen LogP contribution is -2.35. The molecule has 3 nitrogen and oxygen atoms in total. The molecule has 0 aliphatic heterocycles. The van der Waals surface area contributed by atoms with Crippen LogP contribution in [-0.4, -0.2) is 24.6 Å². The molecule has 0 saturated carbocycles. The summed E-state index contributed by atoms with van der Waals surface area (Å²) in [6, 6.07) is 10.5. The van der Waals surface area contributed by atoms with Crippen LogP contribution in [0.2, 0.25) is 0 Å². The molecule has 0 atom stereocenters. The number of hydrogen-bond donors (Lipinski definition) is 1. The molecule has 1 heterocycles. The lowest BCUT2D eigenvalue weighted by Gasteiger charge is -2.22. The number of rotatable bonds is 3. The van der Waals surface area contributed by atoms with Gasteiger partial charge in [0.05, 0.1) is 5.52 Å². The molecule has 0 fully saturated rings. The number of hydrogen-bond acceptors (Lipinski definition) is 3. The van der Waals surface area contributed by atoms with Crippen molar-refractivity contribution in [2.24, 2.45) is 0 Å². The maximum absolute atomic E-state index is 4.68. The van der Waals surface area contributed by atoms with E-state index in [0.717, 1.165) is 17.9 Å². The van der Waals surface area contributed by atoms with Crippen LogP contribution in [0.1, 0.15) is 26.3 Å². The Labute approximate surface area is 115 Å². The van der Waals surface area contributed by atoms with Gasteiger partial charge < -0.3 is 10.2 Å². The zero-order chi connectivity index (χ0) is 14.0. The summed E-state index contributed by atoms with van der Waals surface area (Å²) in [7, 11) is 4.05. The normalized spacial score (nSPS) is 11.8. The van der Waals surface area contributed by atoms with E-state index in [1.54, 1.807) is 0 Å². The van der Waals surface area contributed by atoms with Crippen LogP contribution < -0.4 is 10.2 Å². The molecule has 2 aromatic rings. The highest BCUT2D eigenvalue weighted by atomic mass is 15.1. The average molecular weight is 257 g/mol. The van der Waals surface area contributed by atoms with Crippen molar-refractivity contribution < 1.29 is 0 Å². The van der Waals surface area contributed by atoms with E-state index >= 15 is 0 Å². The third-order valence-corrected chi connectivity index (χ3v) is 3.06. The topological polar surface area (TPSA) is 28.2 Å². The fourth-order valence-corrected chi connectivity index (χ4v) is 1.97. The van der Waals surface area contributed by atoms with Crippen LogP contribution in [-0.2, 0) is 6.54 Å². The molecule has 1 aromatic heterocycles. The van der Waals surface area contributed by atoms with Gasteiger partial charge >= 0.3 is 0 Å². The van der Waals surface area contributed by atoms with Gasteiger partial charge in [-0.25, -0.2) is 4.98 Å². The average Bonchev–Trinajstić information content (AvgIpc) is 2.34. The lowest BCUT2D eigenvalue weighted by atomic mass is 10.1. The third-order valence-electron chi connectivity index (χ3n) is 3.06. The second kappa shape index (κ2) is 5.17. The van der Waals surface area contributed by atoms with Crippen LogP contribution in [0.3, 0.4) is 0 Å². The number of para-hydroxylation sites is 1. The lowest BCUT2D eigenvalue weighted by molar-refractivity contribution is 0.425. The molecule has 0 spiro atoms. The Morgan fingerprint density at radius 3 is 2.47 bits per heavy atom. The van der Waals surface area contributed by atoms with Crippen molar-refractivity contribution in [1.82, 2.24) is 10.3 Å². The zero-order valence-corrected chi connectivity index (χ0v) is 12.5. The van der Waals surface area contributed by atoms with Gasteiger partial charge in [0, 0.05) is 31.6 Å². The molecule has 1 N–H and O–H groups in total. The van der Waals surface area contributed by atoms with Crippen LogP contribution in [0.25, 0.3) is 10.9 Å². The maximum Gasteiger partial charge on any atom is 0.129 e. The second-order valence-electron chi connectivity index (χ2n) is 6.15. The van der Waals surface area contributed by atoms with Gasteiger partial charge in [-0.2, -0.15) is 0 Å². The van der Waals surface area contributed by atoms with Crippen LogP contribution in [0, 0.1) is 0 Å². The summed E-state index contributed by atoms with van der Waals surface area (Å²) in [4.78, 5) is 6.73. The summed E-state index contributed by atoms with van der Waals surface area (Å²) >= 11 is 0. The second-order valence-corrected chi connectivity index (χ2v) is 6.15. The highest BCUT2D eigenvalue weighted by Gasteiger charge is 2.11. The van der Waals surface area contributed by atoms with E-state index in [-0.39, 0.29) is 5.54 Å². The van der Waals surface area contributed by atoms with Crippen molar-refractivity contribution in [2.45, 2.75) is 32.9 Å². The first-order valence-corrected chi connectivity index (χ1v) is 6.68. The van der Waals surface area contributed by atoms with E-state index in [0.29, 0.717) is 0 Å². The van der Waals surface area contributed by atoms with Crippen molar-refractivity contribution in [1.29, 1.82) is 0 Å².